The van der Waals surface area contributed by atoms with E-state index in [1.165, 1.54) is 11.1 Å². The molecule has 0 atom stereocenters. The summed E-state index contributed by atoms with van der Waals surface area (Å²) >= 11 is 6.18. The predicted molar refractivity (Wildman–Crippen MR) is 75.4 cm³/mol. The molecular formula is C16H17Cl. The molecule has 0 aliphatic rings. The van der Waals surface area contributed by atoms with Gasteiger partial charge in [-0.15, -0.1) is 0 Å². The summed E-state index contributed by atoms with van der Waals surface area (Å²) in [5.74, 6) is 0.696. The van der Waals surface area contributed by atoms with Crippen LogP contribution in [0.25, 0.3) is 11.1 Å². The molecule has 0 aliphatic carbocycles. The maximum Gasteiger partial charge on any atom is 0.0484 e. The SMILES string of the molecule is CC(C)Cc1ccc(-c2ccccc2Cl)cc1. The van der Waals surface area contributed by atoms with E-state index in [1.807, 2.05) is 18.2 Å². The van der Waals surface area contributed by atoms with Gasteiger partial charge in [-0.25, -0.2) is 0 Å². The molecule has 0 fully saturated rings. The maximum atomic E-state index is 6.18. The average molecular weight is 245 g/mol. The standard InChI is InChI=1S/C16H17Cl/c1-12(2)11-13-7-9-14(10-8-13)15-5-3-4-6-16(15)17/h3-10,12H,11H2,1-2H3. The van der Waals surface area contributed by atoms with Crippen molar-refractivity contribution < 1.29 is 0 Å². The Morgan fingerprint density at radius 2 is 1.59 bits per heavy atom. The van der Waals surface area contributed by atoms with Gasteiger partial charge in [0.2, 0.25) is 0 Å². The van der Waals surface area contributed by atoms with Crippen LogP contribution < -0.4 is 0 Å². The van der Waals surface area contributed by atoms with Crippen LogP contribution >= 0.6 is 11.6 Å². The van der Waals surface area contributed by atoms with Crippen molar-refractivity contribution in [2.75, 3.05) is 0 Å². The summed E-state index contributed by atoms with van der Waals surface area (Å²) in [4.78, 5) is 0. The third kappa shape index (κ3) is 3.10. The van der Waals surface area contributed by atoms with Gasteiger partial charge in [-0.3, -0.25) is 0 Å². The lowest BCUT2D eigenvalue weighted by Gasteiger charge is -2.07. The van der Waals surface area contributed by atoms with Crippen LogP contribution in [-0.4, -0.2) is 0 Å². The maximum absolute atomic E-state index is 6.18. The van der Waals surface area contributed by atoms with E-state index in [4.69, 9.17) is 11.6 Å². The van der Waals surface area contributed by atoms with E-state index in [9.17, 15) is 0 Å². The highest BCUT2D eigenvalue weighted by molar-refractivity contribution is 6.33. The molecule has 0 spiro atoms. The molecule has 0 aromatic heterocycles. The van der Waals surface area contributed by atoms with Crippen LogP contribution in [0.2, 0.25) is 5.02 Å². The number of hydrogen-bond donors (Lipinski definition) is 0. The Morgan fingerprint density at radius 1 is 0.941 bits per heavy atom. The van der Waals surface area contributed by atoms with Crippen LogP contribution in [0.1, 0.15) is 19.4 Å². The second-order valence-corrected chi connectivity index (χ2v) is 5.18. The van der Waals surface area contributed by atoms with Crippen LogP contribution in [0.15, 0.2) is 48.5 Å². The number of rotatable bonds is 3. The molecule has 0 radical (unpaired) electrons. The molecule has 0 nitrogen and oxygen atoms in total. The first kappa shape index (κ1) is 12.2. The predicted octanol–water partition coefficient (Wildman–Crippen LogP) is 5.21. The van der Waals surface area contributed by atoms with Gasteiger partial charge >= 0.3 is 0 Å². The molecule has 2 aromatic rings. The molecule has 0 amide bonds. The molecule has 0 N–H and O–H groups in total. The average Bonchev–Trinajstić information content (AvgIpc) is 2.30. The quantitative estimate of drug-likeness (QED) is 0.696. The number of halogens is 1. The molecule has 2 rings (SSSR count). The summed E-state index contributed by atoms with van der Waals surface area (Å²) in [5.41, 5.74) is 3.67. The third-order valence-electron chi connectivity index (χ3n) is 2.78. The van der Waals surface area contributed by atoms with Gasteiger partial charge in [-0.05, 0) is 29.5 Å². The van der Waals surface area contributed by atoms with Gasteiger partial charge < -0.3 is 0 Å². The van der Waals surface area contributed by atoms with Gasteiger partial charge in [-0.1, -0.05) is 67.9 Å². The van der Waals surface area contributed by atoms with Crippen molar-refractivity contribution in [3.05, 3.63) is 59.1 Å². The number of benzene rings is 2. The van der Waals surface area contributed by atoms with E-state index < -0.39 is 0 Å². The van der Waals surface area contributed by atoms with Gasteiger partial charge in [0.1, 0.15) is 0 Å². The van der Waals surface area contributed by atoms with Crippen molar-refractivity contribution in [3.8, 4) is 11.1 Å². The lowest BCUT2D eigenvalue weighted by Crippen LogP contribution is -1.93. The van der Waals surface area contributed by atoms with E-state index in [0.29, 0.717) is 5.92 Å². The van der Waals surface area contributed by atoms with E-state index in [0.717, 1.165) is 17.0 Å². The largest absolute Gasteiger partial charge is 0.0837 e. The Hall–Kier alpha value is -1.27. The Bertz CT molecular complexity index is 483. The molecule has 0 saturated heterocycles. The monoisotopic (exact) mass is 244 g/mol. The molecule has 0 unspecified atom stereocenters. The van der Waals surface area contributed by atoms with Crippen LogP contribution in [0, 0.1) is 5.92 Å². The topological polar surface area (TPSA) is 0 Å². The van der Waals surface area contributed by atoms with Gasteiger partial charge in [0.15, 0.2) is 0 Å². The normalized spacial score (nSPS) is 10.8. The molecule has 2 aromatic carbocycles. The minimum absolute atomic E-state index is 0.696. The zero-order valence-corrected chi connectivity index (χ0v) is 11.0. The second-order valence-electron chi connectivity index (χ2n) is 4.77. The minimum atomic E-state index is 0.696. The van der Waals surface area contributed by atoms with Crippen LogP contribution in [0.4, 0.5) is 0 Å². The van der Waals surface area contributed by atoms with Crippen molar-refractivity contribution in [3.63, 3.8) is 0 Å². The smallest absolute Gasteiger partial charge is 0.0484 e. The Kier molecular flexibility index (Phi) is 3.86. The van der Waals surface area contributed by atoms with Crippen molar-refractivity contribution in [2.24, 2.45) is 5.92 Å². The molecule has 1 heteroatoms. The molecule has 0 bridgehead atoms. The molecular weight excluding hydrogens is 228 g/mol. The molecule has 0 saturated carbocycles. The highest BCUT2D eigenvalue weighted by Crippen LogP contribution is 2.27. The van der Waals surface area contributed by atoms with Gasteiger partial charge in [0.25, 0.3) is 0 Å². The Balaban J connectivity index is 2.27. The molecule has 88 valence electrons. The summed E-state index contributed by atoms with van der Waals surface area (Å²) in [6, 6.07) is 16.6. The summed E-state index contributed by atoms with van der Waals surface area (Å²) in [5, 5.41) is 0.809. The van der Waals surface area contributed by atoms with Crippen molar-refractivity contribution in [1.29, 1.82) is 0 Å². The minimum Gasteiger partial charge on any atom is -0.0837 e. The fraction of sp³-hybridized carbons (Fsp3) is 0.250. The third-order valence-corrected chi connectivity index (χ3v) is 3.11. The lowest BCUT2D eigenvalue weighted by atomic mass is 9.99. The Labute approximate surface area is 108 Å². The summed E-state index contributed by atoms with van der Waals surface area (Å²) in [6.07, 6.45) is 1.13. The molecule has 0 aliphatic heterocycles. The molecule has 0 heterocycles. The second kappa shape index (κ2) is 5.37. The first-order valence-corrected chi connectivity index (χ1v) is 6.38. The zero-order chi connectivity index (χ0) is 12.3. The highest BCUT2D eigenvalue weighted by atomic mass is 35.5. The first-order chi connectivity index (χ1) is 8.16. The van der Waals surface area contributed by atoms with Gasteiger partial charge in [0.05, 0.1) is 0 Å². The zero-order valence-electron chi connectivity index (χ0n) is 10.3. The van der Waals surface area contributed by atoms with Crippen molar-refractivity contribution >= 4 is 11.6 Å². The van der Waals surface area contributed by atoms with Crippen LogP contribution in [-0.2, 0) is 6.42 Å². The summed E-state index contributed by atoms with van der Waals surface area (Å²) < 4.78 is 0. The van der Waals surface area contributed by atoms with Crippen LogP contribution in [0.3, 0.4) is 0 Å². The summed E-state index contributed by atoms with van der Waals surface area (Å²) in [6.45, 7) is 4.48. The fourth-order valence-electron chi connectivity index (χ4n) is 1.99. The van der Waals surface area contributed by atoms with Gasteiger partial charge in [-0.2, -0.15) is 0 Å². The van der Waals surface area contributed by atoms with E-state index in [1.54, 1.807) is 0 Å². The fourth-order valence-corrected chi connectivity index (χ4v) is 2.23. The van der Waals surface area contributed by atoms with Crippen molar-refractivity contribution in [1.82, 2.24) is 0 Å². The van der Waals surface area contributed by atoms with Crippen LogP contribution in [0.5, 0.6) is 0 Å². The first-order valence-electron chi connectivity index (χ1n) is 6.00. The van der Waals surface area contributed by atoms with E-state index in [-0.39, 0.29) is 0 Å². The lowest BCUT2D eigenvalue weighted by molar-refractivity contribution is 0.647. The highest BCUT2D eigenvalue weighted by Gasteiger charge is 2.03. The van der Waals surface area contributed by atoms with Gasteiger partial charge in [0, 0.05) is 10.6 Å². The summed E-state index contributed by atoms with van der Waals surface area (Å²) in [7, 11) is 0. The van der Waals surface area contributed by atoms with Crippen molar-refractivity contribution in [2.45, 2.75) is 20.3 Å². The van der Waals surface area contributed by atoms with E-state index in [2.05, 4.69) is 44.2 Å². The Morgan fingerprint density at radius 3 is 2.18 bits per heavy atom. The van der Waals surface area contributed by atoms with E-state index >= 15 is 0 Å². The number of hydrogen-bond acceptors (Lipinski definition) is 0. The molecule has 17 heavy (non-hydrogen) atoms.